The standard InChI is InChI=1S/C7H11NO4/c1-5(6(9)10)3-4-12-7(11)8-2/h1,3-4H2,2H3,(H,8,11)(H,9,10). The number of ether oxygens (including phenoxy) is 1. The van der Waals surface area contributed by atoms with Crippen LogP contribution in [-0.4, -0.2) is 30.8 Å². The van der Waals surface area contributed by atoms with Crippen LogP contribution in [0.2, 0.25) is 0 Å². The summed E-state index contributed by atoms with van der Waals surface area (Å²) in [6.07, 6.45) is -0.434. The summed E-state index contributed by atoms with van der Waals surface area (Å²) in [6, 6.07) is 0. The first kappa shape index (κ1) is 10.5. The Balaban J connectivity index is 3.50. The number of aliphatic carboxylic acids is 1. The fourth-order valence-electron chi connectivity index (χ4n) is 0.446. The molecule has 1 amide bonds. The summed E-state index contributed by atoms with van der Waals surface area (Å²) in [5.74, 6) is -1.07. The van der Waals surface area contributed by atoms with E-state index in [1.165, 1.54) is 7.05 Å². The quantitative estimate of drug-likeness (QED) is 0.602. The predicted octanol–water partition coefficient (Wildman–Crippen LogP) is 0.373. The lowest BCUT2D eigenvalue weighted by Gasteiger charge is -2.02. The van der Waals surface area contributed by atoms with E-state index in [4.69, 9.17) is 5.11 Å². The van der Waals surface area contributed by atoms with E-state index in [1.807, 2.05) is 0 Å². The molecule has 12 heavy (non-hydrogen) atoms. The maximum absolute atomic E-state index is 10.5. The van der Waals surface area contributed by atoms with Crippen LogP contribution in [0.1, 0.15) is 6.42 Å². The molecule has 0 saturated heterocycles. The normalized spacial score (nSPS) is 8.75. The minimum Gasteiger partial charge on any atom is -0.478 e. The Hall–Kier alpha value is -1.52. The Labute approximate surface area is 70.0 Å². The number of hydrogen-bond donors (Lipinski definition) is 2. The van der Waals surface area contributed by atoms with Gasteiger partial charge in [-0.05, 0) is 0 Å². The molecular formula is C7H11NO4. The van der Waals surface area contributed by atoms with E-state index in [0.29, 0.717) is 0 Å². The van der Waals surface area contributed by atoms with Crippen molar-refractivity contribution in [2.45, 2.75) is 6.42 Å². The van der Waals surface area contributed by atoms with Crippen molar-refractivity contribution in [3.8, 4) is 0 Å². The van der Waals surface area contributed by atoms with Crippen LogP contribution in [-0.2, 0) is 9.53 Å². The minimum absolute atomic E-state index is 0.0268. The van der Waals surface area contributed by atoms with E-state index in [1.54, 1.807) is 0 Å². The Kier molecular flexibility index (Phi) is 4.52. The summed E-state index contributed by atoms with van der Waals surface area (Å²) in [6.45, 7) is 3.30. The van der Waals surface area contributed by atoms with E-state index < -0.39 is 12.1 Å². The lowest BCUT2D eigenvalue weighted by atomic mass is 10.2. The molecule has 0 fully saturated rings. The molecule has 0 aliphatic heterocycles. The van der Waals surface area contributed by atoms with Gasteiger partial charge < -0.3 is 15.2 Å². The molecule has 0 rings (SSSR count). The zero-order valence-corrected chi connectivity index (χ0v) is 6.79. The molecule has 0 saturated carbocycles. The maximum Gasteiger partial charge on any atom is 0.406 e. The third-order valence-electron chi connectivity index (χ3n) is 1.14. The molecule has 0 heterocycles. The molecule has 5 nitrogen and oxygen atoms in total. The highest BCUT2D eigenvalue weighted by Crippen LogP contribution is 1.97. The van der Waals surface area contributed by atoms with Gasteiger partial charge in [0.15, 0.2) is 0 Å². The van der Waals surface area contributed by atoms with Crippen molar-refractivity contribution in [2.24, 2.45) is 0 Å². The molecule has 0 aliphatic carbocycles. The number of rotatable bonds is 4. The van der Waals surface area contributed by atoms with Crippen LogP contribution in [0.15, 0.2) is 12.2 Å². The van der Waals surface area contributed by atoms with Gasteiger partial charge in [0, 0.05) is 19.0 Å². The molecule has 0 aromatic rings. The van der Waals surface area contributed by atoms with Crippen molar-refractivity contribution in [1.82, 2.24) is 5.32 Å². The average molecular weight is 173 g/mol. The van der Waals surface area contributed by atoms with E-state index in [2.05, 4.69) is 16.6 Å². The lowest BCUT2D eigenvalue weighted by Crippen LogP contribution is -2.20. The first-order valence-corrected chi connectivity index (χ1v) is 3.33. The van der Waals surface area contributed by atoms with E-state index in [0.717, 1.165) is 0 Å². The van der Waals surface area contributed by atoms with Gasteiger partial charge in [-0.2, -0.15) is 0 Å². The van der Waals surface area contributed by atoms with Gasteiger partial charge in [0.2, 0.25) is 0 Å². The Morgan fingerprint density at radius 1 is 1.58 bits per heavy atom. The fourth-order valence-corrected chi connectivity index (χ4v) is 0.446. The van der Waals surface area contributed by atoms with Crippen LogP contribution >= 0.6 is 0 Å². The van der Waals surface area contributed by atoms with Gasteiger partial charge >= 0.3 is 12.1 Å². The monoisotopic (exact) mass is 173 g/mol. The van der Waals surface area contributed by atoms with Crippen molar-refractivity contribution in [3.05, 3.63) is 12.2 Å². The first-order chi connectivity index (χ1) is 5.57. The lowest BCUT2D eigenvalue weighted by molar-refractivity contribution is -0.132. The fraction of sp³-hybridized carbons (Fsp3) is 0.429. The van der Waals surface area contributed by atoms with E-state index in [-0.39, 0.29) is 18.6 Å². The van der Waals surface area contributed by atoms with Gasteiger partial charge in [0.05, 0.1) is 6.61 Å². The van der Waals surface area contributed by atoms with Crippen molar-refractivity contribution in [1.29, 1.82) is 0 Å². The molecule has 0 aliphatic rings. The van der Waals surface area contributed by atoms with Gasteiger partial charge in [-0.15, -0.1) is 0 Å². The van der Waals surface area contributed by atoms with Crippen LogP contribution in [0.25, 0.3) is 0 Å². The van der Waals surface area contributed by atoms with Crippen LogP contribution in [0.4, 0.5) is 4.79 Å². The Bertz CT molecular complexity index is 200. The number of alkyl carbamates (subject to hydrolysis) is 1. The molecule has 2 N–H and O–H groups in total. The van der Waals surface area contributed by atoms with Gasteiger partial charge in [-0.1, -0.05) is 6.58 Å². The van der Waals surface area contributed by atoms with E-state index >= 15 is 0 Å². The van der Waals surface area contributed by atoms with Crippen molar-refractivity contribution < 1.29 is 19.4 Å². The van der Waals surface area contributed by atoms with Crippen LogP contribution in [0.3, 0.4) is 0 Å². The molecule has 0 spiro atoms. The van der Waals surface area contributed by atoms with Gasteiger partial charge in [-0.3, -0.25) is 0 Å². The average Bonchev–Trinajstić information content (AvgIpc) is 2.03. The highest BCUT2D eigenvalue weighted by atomic mass is 16.5. The molecule has 0 aromatic carbocycles. The number of carbonyl (C=O) groups is 2. The third kappa shape index (κ3) is 4.32. The number of carbonyl (C=O) groups excluding carboxylic acids is 1. The molecule has 0 radical (unpaired) electrons. The van der Waals surface area contributed by atoms with Crippen molar-refractivity contribution >= 4 is 12.1 Å². The van der Waals surface area contributed by atoms with E-state index in [9.17, 15) is 9.59 Å². The smallest absolute Gasteiger partial charge is 0.406 e. The van der Waals surface area contributed by atoms with Crippen LogP contribution < -0.4 is 5.32 Å². The molecular weight excluding hydrogens is 162 g/mol. The number of nitrogens with one attached hydrogen (secondary N) is 1. The second-order valence-corrected chi connectivity index (χ2v) is 2.04. The summed E-state index contributed by atoms with van der Waals surface area (Å²) in [4.78, 5) is 20.6. The summed E-state index contributed by atoms with van der Waals surface area (Å²) >= 11 is 0. The molecule has 0 aromatic heterocycles. The van der Waals surface area contributed by atoms with Crippen LogP contribution in [0, 0.1) is 0 Å². The largest absolute Gasteiger partial charge is 0.478 e. The topological polar surface area (TPSA) is 75.6 Å². The zero-order chi connectivity index (χ0) is 9.56. The molecule has 0 bridgehead atoms. The minimum atomic E-state index is -1.07. The first-order valence-electron chi connectivity index (χ1n) is 3.33. The van der Waals surface area contributed by atoms with Gasteiger partial charge in [-0.25, -0.2) is 9.59 Å². The molecule has 0 unspecified atom stereocenters. The number of hydrogen-bond acceptors (Lipinski definition) is 3. The highest BCUT2D eigenvalue weighted by Gasteiger charge is 2.04. The van der Waals surface area contributed by atoms with Crippen LogP contribution in [0.5, 0.6) is 0 Å². The summed E-state index contributed by atoms with van der Waals surface area (Å²) in [5, 5.41) is 10.6. The Morgan fingerprint density at radius 2 is 2.17 bits per heavy atom. The maximum atomic E-state index is 10.5. The van der Waals surface area contributed by atoms with Gasteiger partial charge in [0.1, 0.15) is 0 Å². The number of carboxylic acids is 1. The number of amides is 1. The summed E-state index contributed by atoms with van der Waals surface area (Å²) < 4.78 is 4.54. The molecule has 5 heteroatoms. The number of carboxylic acid groups (broad SMARTS) is 1. The molecule has 0 atom stereocenters. The highest BCUT2D eigenvalue weighted by molar-refractivity contribution is 5.85. The third-order valence-corrected chi connectivity index (χ3v) is 1.14. The Morgan fingerprint density at radius 3 is 2.58 bits per heavy atom. The SMILES string of the molecule is C=C(CCOC(=O)NC)C(=O)O. The second kappa shape index (κ2) is 5.17. The predicted molar refractivity (Wildman–Crippen MR) is 41.8 cm³/mol. The van der Waals surface area contributed by atoms with Gasteiger partial charge in [0.25, 0.3) is 0 Å². The molecule has 68 valence electrons. The zero-order valence-electron chi connectivity index (χ0n) is 6.79. The second-order valence-electron chi connectivity index (χ2n) is 2.04. The van der Waals surface area contributed by atoms with Crippen molar-refractivity contribution in [2.75, 3.05) is 13.7 Å². The summed E-state index contributed by atoms with van der Waals surface area (Å²) in [7, 11) is 1.42. The van der Waals surface area contributed by atoms with Crippen molar-refractivity contribution in [3.63, 3.8) is 0 Å². The summed E-state index contributed by atoms with van der Waals surface area (Å²) in [5.41, 5.74) is 0.0268.